The maximum Gasteiger partial charge on any atom is 0.321 e. The minimum atomic E-state index is -0.181. The quantitative estimate of drug-likeness (QED) is 0.634. The van der Waals surface area contributed by atoms with Gasteiger partial charge in [0.25, 0.3) is 0 Å². The first-order valence-corrected chi connectivity index (χ1v) is 11.0. The molecule has 3 aromatic carbocycles. The molecule has 6 nitrogen and oxygen atoms in total. The summed E-state index contributed by atoms with van der Waals surface area (Å²) in [5.74, 6) is 0.729. The minimum Gasteiger partial charge on any atom is -0.497 e. The lowest BCUT2D eigenvalue weighted by molar-refractivity contribution is -0.136. The van der Waals surface area contributed by atoms with Crippen LogP contribution in [0.25, 0.3) is 10.8 Å². The summed E-state index contributed by atoms with van der Waals surface area (Å²) in [6, 6.07) is 21.4. The van der Waals surface area contributed by atoms with Crippen molar-refractivity contribution in [3.8, 4) is 5.75 Å². The summed E-state index contributed by atoms with van der Waals surface area (Å²) in [6.07, 6.45) is 1.63. The molecule has 0 aromatic heterocycles. The van der Waals surface area contributed by atoms with Gasteiger partial charge in [0.1, 0.15) is 5.75 Å². The SMILES string of the molecule is COc1ccc2cc(CN(C)C(=O)[C@@H]3CCCN(C(=O)Nc4ccccc4)C3)ccc2c1. The first-order chi connectivity index (χ1) is 15.5. The van der Waals surface area contributed by atoms with E-state index < -0.39 is 0 Å². The number of hydrogen-bond donors (Lipinski definition) is 1. The Labute approximate surface area is 188 Å². The molecule has 0 saturated carbocycles. The van der Waals surface area contributed by atoms with Gasteiger partial charge in [-0.15, -0.1) is 0 Å². The summed E-state index contributed by atoms with van der Waals surface area (Å²) < 4.78 is 5.29. The van der Waals surface area contributed by atoms with E-state index in [1.54, 1.807) is 16.9 Å². The van der Waals surface area contributed by atoms with Gasteiger partial charge in [-0.2, -0.15) is 0 Å². The fourth-order valence-electron chi connectivity index (χ4n) is 4.25. The van der Waals surface area contributed by atoms with Crippen molar-refractivity contribution < 1.29 is 14.3 Å². The number of fused-ring (bicyclic) bond motifs is 1. The van der Waals surface area contributed by atoms with E-state index in [1.165, 1.54) is 0 Å². The molecule has 3 aromatic rings. The summed E-state index contributed by atoms with van der Waals surface area (Å²) in [6.45, 7) is 1.65. The molecule has 1 atom stereocenters. The molecule has 4 rings (SSSR count). The van der Waals surface area contributed by atoms with E-state index in [-0.39, 0.29) is 17.9 Å². The van der Waals surface area contributed by atoms with E-state index >= 15 is 0 Å². The molecular formula is C26H29N3O3. The van der Waals surface area contributed by atoms with Crippen LogP contribution in [-0.4, -0.2) is 49.0 Å². The van der Waals surface area contributed by atoms with Crippen molar-refractivity contribution in [3.05, 3.63) is 72.3 Å². The van der Waals surface area contributed by atoms with Crippen molar-refractivity contribution in [1.82, 2.24) is 9.80 Å². The van der Waals surface area contributed by atoms with Crippen molar-refractivity contribution >= 4 is 28.4 Å². The predicted octanol–water partition coefficient (Wildman–Crippen LogP) is 4.75. The van der Waals surface area contributed by atoms with E-state index in [0.29, 0.717) is 19.6 Å². The first-order valence-electron chi connectivity index (χ1n) is 11.0. The Morgan fingerprint density at radius 2 is 1.81 bits per heavy atom. The molecule has 1 aliphatic rings. The van der Waals surface area contributed by atoms with Gasteiger partial charge in [0.2, 0.25) is 5.91 Å². The van der Waals surface area contributed by atoms with Crippen LogP contribution in [0.4, 0.5) is 10.5 Å². The number of anilines is 1. The molecule has 1 N–H and O–H groups in total. The van der Waals surface area contributed by atoms with Crippen LogP contribution in [-0.2, 0) is 11.3 Å². The monoisotopic (exact) mass is 431 g/mol. The molecule has 166 valence electrons. The highest BCUT2D eigenvalue weighted by atomic mass is 16.5. The third-order valence-corrected chi connectivity index (χ3v) is 5.99. The number of piperidine rings is 1. The summed E-state index contributed by atoms with van der Waals surface area (Å²) in [7, 11) is 3.50. The number of ether oxygens (including phenoxy) is 1. The second kappa shape index (κ2) is 9.73. The number of carbonyl (C=O) groups is 2. The number of urea groups is 1. The number of benzene rings is 3. The Balaban J connectivity index is 1.37. The minimum absolute atomic E-state index is 0.0806. The average Bonchev–Trinajstić information content (AvgIpc) is 2.83. The molecule has 1 aliphatic heterocycles. The van der Waals surface area contributed by atoms with Crippen LogP contribution in [0.3, 0.4) is 0 Å². The van der Waals surface area contributed by atoms with E-state index in [0.717, 1.165) is 40.6 Å². The molecule has 0 unspecified atom stereocenters. The van der Waals surface area contributed by atoms with Crippen molar-refractivity contribution in [1.29, 1.82) is 0 Å². The molecule has 1 heterocycles. The largest absolute Gasteiger partial charge is 0.497 e. The van der Waals surface area contributed by atoms with Gasteiger partial charge in [0, 0.05) is 32.4 Å². The zero-order valence-corrected chi connectivity index (χ0v) is 18.6. The number of nitrogens with one attached hydrogen (secondary N) is 1. The summed E-state index contributed by atoms with van der Waals surface area (Å²) >= 11 is 0. The number of hydrogen-bond acceptors (Lipinski definition) is 3. The Morgan fingerprint density at radius 3 is 2.59 bits per heavy atom. The Kier molecular flexibility index (Phi) is 6.59. The Hall–Kier alpha value is -3.54. The molecular weight excluding hydrogens is 402 g/mol. The van der Waals surface area contributed by atoms with E-state index in [1.807, 2.05) is 61.6 Å². The molecule has 1 saturated heterocycles. The smallest absolute Gasteiger partial charge is 0.321 e. The lowest BCUT2D eigenvalue weighted by atomic mass is 9.96. The Morgan fingerprint density at radius 1 is 1.06 bits per heavy atom. The average molecular weight is 432 g/mol. The normalized spacial score (nSPS) is 15.9. The lowest BCUT2D eigenvalue weighted by Crippen LogP contribution is -2.47. The van der Waals surface area contributed by atoms with Gasteiger partial charge in [0.05, 0.1) is 13.0 Å². The van der Waals surface area contributed by atoms with Crippen molar-refractivity contribution in [3.63, 3.8) is 0 Å². The van der Waals surface area contributed by atoms with Gasteiger partial charge in [-0.1, -0.05) is 36.4 Å². The van der Waals surface area contributed by atoms with Crippen molar-refractivity contribution in [2.75, 3.05) is 32.6 Å². The van der Waals surface area contributed by atoms with Crippen LogP contribution in [0.5, 0.6) is 5.75 Å². The standard InChI is InChI=1S/C26H29N3O3/c1-28(17-19-10-11-21-16-24(32-2)13-12-20(21)15-19)25(30)22-7-6-14-29(18-22)26(31)27-23-8-4-3-5-9-23/h3-5,8-13,15-16,22H,6-7,14,17-18H2,1-2H3,(H,27,31)/t22-/m1/s1. The third kappa shape index (κ3) is 5.02. The second-order valence-corrected chi connectivity index (χ2v) is 8.32. The van der Waals surface area contributed by atoms with Gasteiger partial charge in [0.15, 0.2) is 0 Å². The van der Waals surface area contributed by atoms with Crippen LogP contribution >= 0.6 is 0 Å². The number of carbonyl (C=O) groups excluding carboxylic acids is 2. The molecule has 0 aliphatic carbocycles. The topological polar surface area (TPSA) is 61.9 Å². The number of amides is 3. The van der Waals surface area contributed by atoms with Gasteiger partial charge in [-0.05, 0) is 59.5 Å². The number of likely N-dealkylation sites (tertiary alicyclic amines) is 1. The number of para-hydroxylation sites is 1. The maximum absolute atomic E-state index is 13.1. The highest BCUT2D eigenvalue weighted by Gasteiger charge is 2.30. The van der Waals surface area contributed by atoms with E-state index in [2.05, 4.69) is 17.4 Å². The fraction of sp³-hybridized carbons (Fsp3) is 0.308. The molecule has 0 radical (unpaired) electrons. The van der Waals surface area contributed by atoms with Gasteiger partial charge < -0.3 is 19.9 Å². The van der Waals surface area contributed by atoms with Gasteiger partial charge >= 0.3 is 6.03 Å². The summed E-state index contributed by atoms with van der Waals surface area (Å²) in [5.41, 5.74) is 1.84. The molecule has 3 amide bonds. The van der Waals surface area contributed by atoms with Crippen LogP contribution in [0.1, 0.15) is 18.4 Å². The van der Waals surface area contributed by atoms with Crippen LogP contribution < -0.4 is 10.1 Å². The molecule has 0 spiro atoms. The van der Waals surface area contributed by atoms with Crippen LogP contribution in [0, 0.1) is 5.92 Å². The third-order valence-electron chi connectivity index (χ3n) is 5.99. The summed E-state index contributed by atoms with van der Waals surface area (Å²) in [4.78, 5) is 29.3. The van der Waals surface area contributed by atoms with Crippen LogP contribution in [0.2, 0.25) is 0 Å². The molecule has 6 heteroatoms. The van der Waals surface area contributed by atoms with E-state index in [4.69, 9.17) is 4.74 Å². The van der Waals surface area contributed by atoms with Crippen molar-refractivity contribution in [2.45, 2.75) is 19.4 Å². The lowest BCUT2D eigenvalue weighted by Gasteiger charge is -2.34. The number of rotatable bonds is 5. The van der Waals surface area contributed by atoms with Crippen molar-refractivity contribution in [2.24, 2.45) is 5.92 Å². The highest BCUT2D eigenvalue weighted by Crippen LogP contribution is 2.24. The zero-order chi connectivity index (χ0) is 22.5. The fourth-order valence-corrected chi connectivity index (χ4v) is 4.25. The second-order valence-electron chi connectivity index (χ2n) is 8.32. The highest BCUT2D eigenvalue weighted by molar-refractivity contribution is 5.90. The van der Waals surface area contributed by atoms with Gasteiger partial charge in [-0.3, -0.25) is 4.79 Å². The number of methoxy groups -OCH3 is 1. The molecule has 32 heavy (non-hydrogen) atoms. The zero-order valence-electron chi connectivity index (χ0n) is 18.6. The Bertz CT molecular complexity index is 1100. The first kappa shape index (κ1) is 21.7. The molecule has 0 bridgehead atoms. The predicted molar refractivity (Wildman–Crippen MR) is 127 cm³/mol. The van der Waals surface area contributed by atoms with E-state index in [9.17, 15) is 9.59 Å². The summed E-state index contributed by atoms with van der Waals surface area (Å²) in [5, 5.41) is 5.14. The molecule has 1 fully saturated rings. The number of nitrogens with zero attached hydrogens (tertiary/aromatic N) is 2. The van der Waals surface area contributed by atoms with Crippen LogP contribution in [0.15, 0.2) is 66.7 Å². The maximum atomic E-state index is 13.1. The van der Waals surface area contributed by atoms with Gasteiger partial charge in [-0.25, -0.2) is 4.79 Å².